The fourth-order valence-electron chi connectivity index (χ4n) is 1.58. The first-order chi connectivity index (χ1) is 7.74. The Kier molecular flexibility index (Phi) is 6.30. The molecule has 0 bridgehead atoms. The first-order valence-electron chi connectivity index (χ1n) is 5.79. The third-order valence-corrected chi connectivity index (χ3v) is 3.78. The van der Waals surface area contributed by atoms with Gasteiger partial charge in [-0.2, -0.15) is 0 Å². The molecule has 1 amide bonds. The Labute approximate surface area is 100 Å². The Bertz CT molecular complexity index is 239. The van der Waals surface area contributed by atoms with Gasteiger partial charge in [0, 0.05) is 6.54 Å². The van der Waals surface area contributed by atoms with Crippen molar-refractivity contribution in [3.05, 3.63) is 0 Å². The van der Waals surface area contributed by atoms with E-state index in [0.717, 1.165) is 18.6 Å². The Balaban J connectivity index is 2.12. The molecule has 0 aromatic rings. The summed E-state index contributed by atoms with van der Waals surface area (Å²) in [4.78, 5) is 22.7. The number of thioether (sulfide) groups is 1. The molecule has 1 atom stereocenters. The normalized spacial score (nSPS) is 20.2. The lowest BCUT2D eigenvalue weighted by Gasteiger charge is -2.20. The molecule has 0 aromatic heterocycles. The van der Waals surface area contributed by atoms with Gasteiger partial charge in [-0.1, -0.05) is 6.42 Å². The third-order valence-electron chi connectivity index (χ3n) is 2.41. The van der Waals surface area contributed by atoms with Crippen molar-refractivity contribution in [1.82, 2.24) is 5.32 Å². The molecule has 1 N–H and O–H groups in total. The Morgan fingerprint density at radius 3 is 2.88 bits per heavy atom. The fraction of sp³-hybridized carbons (Fsp3) is 0.818. The summed E-state index contributed by atoms with van der Waals surface area (Å²) in [5, 5.41) is 2.86. The van der Waals surface area contributed by atoms with Crippen molar-refractivity contribution in [2.24, 2.45) is 0 Å². The smallest absolute Gasteiger partial charge is 0.307 e. The van der Waals surface area contributed by atoms with Crippen LogP contribution in [0.3, 0.4) is 0 Å². The van der Waals surface area contributed by atoms with Crippen molar-refractivity contribution in [3.8, 4) is 0 Å². The predicted molar refractivity (Wildman–Crippen MR) is 64.4 cm³/mol. The summed E-state index contributed by atoms with van der Waals surface area (Å²) < 4.78 is 4.77. The molecule has 1 fully saturated rings. The first-order valence-corrected chi connectivity index (χ1v) is 6.84. The summed E-state index contributed by atoms with van der Waals surface area (Å²) in [7, 11) is 0. The van der Waals surface area contributed by atoms with Crippen molar-refractivity contribution >= 4 is 23.6 Å². The van der Waals surface area contributed by atoms with Crippen LogP contribution in [0, 0.1) is 0 Å². The topological polar surface area (TPSA) is 55.4 Å². The van der Waals surface area contributed by atoms with Crippen LogP contribution in [0.25, 0.3) is 0 Å². The molecule has 0 saturated carbocycles. The monoisotopic (exact) mass is 245 g/mol. The second-order valence-corrected chi connectivity index (χ2v) is 5.01. The molecule has 1 aliphatic rings. The number of esters is 1. The first kappa shape index (κ1) is 13.4. The van der Waals surface area contributed by atoms with E-state index in [9.17, 15) is 9.59 Å². The van der Waals surface area contributed by atoms with Gasteiger partial charge in [0.25, 0.3) is 0 Å². The number of carbonyl (C=O) groups is 2. The minimum atomic E-state index is -0.251. The van der Waals surface area contributed by atoms with Gasteiger partial charge in [0.05, 0.1) is 18.3 Å². The van der Waals surface area contributed by atoms with Crippen molar-refractivity contribution in [2.45, 2.75) is 37.9 Å². The lowest BCUT2D eigenvalue weighted by atomic mass is 10.2. The standard InChI is InChI=1S/C11H19NO3S/c1-2-15-10(13)6-7-12-11(14)9-5-3-4-8-16-9/h9H,2-8H2,1H3,(H,12,14). The predicted octanol–water partition coefficient (Wildman–Crippen LogP) is 1.34. The summed E-state index contributed by atoms with van der Waals surface area (Å²) in [5.74, 6) is 0.878. The van der Waals surface area contributed by atoms with E-state index in [4.69, 9.17) is 4.74 Å². The molecule has 92 valence electrons. The molecule has 1 unspecified atom stereocenters. The van der Waals surface area contributed by atoms with E-state index >= 15 is 0 Å². The highest BCUT2D eigenvalue weighted by molar-refractivity contribution is 8.00. The summed E-state index contributed by atoms with van der Waals surface area (Å²) in [5.41, 5.74) is 0. The average molecular weight is 245 g/mol. The SMILES string of the molecule is CCOC(=O)CCNC(=O)C1CCCCS1. The number of ether oxygens (including phenoxy) is 1. The quantitative estimate of drug-likeness (QED) is 0.743. The van der Waals surface area contributed by atoms with E-state index in [1.54, 1.807) is 18.7 Å². The van der Waals surface area contributed by atoms with Crippen molar-refractivity contribution in [2.75, 3.05) is 18.9 Å². The van der Waals surface area contributed by atoms with Crippen LogP contribution in [0.5, 0.6) is 0 Å². The van der Waals surface area contributed by atoms with Gasteiger partial charge in [0.2, 0.25) is 5.91 Å². The number of hydrogen-bond acceptors (Lipinski definition) is 4. The van der Waals surface area contributed by atoms with E-state index in [2.05, 4.69) is 5.32 Å². The van der Waals surface area contributed by atoms with Gasteiger partial charge in [-0.25, -0.2) is 0 Å². The van der Waals surface area contributed by atoms with Crippen LogP contribution in [0.2, 0.25) is 0 Å². The van der Waals surface area contributed by atoms with Crippen LogP contribution in [-0.2, 0) is 14.3 Å². The highest BCUT2D eigenvalue weighted by Gasteiger charge is 2.21. The highest BCUT2D eigenvalue weighted by atomic mass is 32.2. The Morgan fingerprint density at radius 2 is 2.25 bits per heavy atom. The fourth-order valence-corrected chi connectivity index (χ4v) is 2.81. The third kappa shape index (κ3) is 4.88. The average Bonchev–Trinajstić information content (AvgIpc) is 2.30. The lowest BCUT2D eigenvalue weighted by Crippen LogP contribution is -2.35. The Hall–Kier alpha value is -0.710. The zero-order valence-corrected chi connectivity index (χ0v) is 10.5. The van der Waals surface area contributed by atoms with Crippen molar-refractivity contribution in [3.63, 3.8) is 0 Å². The molecule has 0 aliphatic carbocycles. The van der Waals surface area contributed by atoms with Gasteiger partial charge in [-0.3, -0.25) is 9.59 Å². The molecular formula is C11H19NO3S. The maximum Gasteiger partial charge on any atom is 0.307 e. The minimum absolute atomic E-state index is 0.0639. The molecule has 1 rings (SSSR count). The Morgan fingerprint density at radius 1 is 1.44 bits per heavy atom. The zero-order valence-electron chi connectivity index (χ0n) is 9.66. The summed E-state index contributed by atoms with van der Waals surface area (Å²) in [6.07, 6.45) is 3.55. The zero-order chi connectivity index (χ0) is 11.8. The second kappa shape index (κ2) is 7.54. The van der Waals surface area contributed by atoms with Crippen LogP contribution >= 0.6 is 11.8 Å². The van der Waals surface area contributed by atoms with E-state index in [0.29, 0.717) is 13.2 Å². The number of amides is 1. The van der Waals surface area contributed by atoms with Crippen LogP contribution in [0.1, 0.15) is 32.6 Å². The van der Waals surface area contributed by atoms with E-state index in [-0.39, 0.29) is 23.5 Å². The number of rotatable bonds is 5. The van der Waals surface area contributed by atoms with Gasteiger partial charge in [-0.05, 0) is 25.5 Å². The molecule has 0 radical (unpaired) electrons. The molecule has 1 saturated heterocycles. The van der Waals surface area contributed by atoms with Gasteiger partial charge >= 0.3 is 5.97 Å². The second-order valence-electron chi connectivity index (χ2n) is 3.70. The number of nitrogens with one attached hydrogen (secondary N) is 1. The minimum Gasteiger partial charge on any atom is -0.466 e. The van der Waals surface area contributed by atoms with Crippen LogP contribution in [0.4, 0.5) is 0 Å². The highest BCUT2D eigenvalue weighted by Crippen LogP contribution is 2.24. The van der Waals surface area contributed by atoms with E-state index < -0.39 is 0 Å². The number of hydrogen-bond donors (Lipinski definition) is 1. The van der Waals surface area contributed by atoms with E-state index in [1.165, 1.54) is 6.42 Å². The molecule has 1 aliphatic heterocycles. The molecule has 16 heavy (non-hydrogen) atoms. The van der Waals surface area contributed by atoms with E-state index in [1.807, 2.05) is 0 Å². The molecule has 1 heterocycles. The number of carbonyl (C=O) groups excluding carboxylic acids is 2. The van der Waals surface area contributed by atoms with Gasteiger partial charge < -0.3 is 10.1 Å². The molecule has 4 nitrogen and oxygen atoms in total. The van der Waals surface area contributed by atoms with Gasteiger partial charge in [0.1, 0.15) is 0 Å². The largest absolute Gasteiger partial charge is 0.466 e. The summed E-state index contributed by atoms with van der Waals surface area (Å²) >= 11 is 1.71. The van der Waals surface area contributed by atoms with Crippen molar-refractivity contribution in [1.29, 1.82) is 0 Å². The lowest BCUT2D eigenvalue weighted by molar-refractivity contribution is -0.143. The van der Waals surface area contributed by atoms with Crippen molar-refractivity contribution < 1.29 is 14.3 Å². The maximum atomic E-state index is 11.7. The van der Waals surface area contributed by atoms with Crippen LogP contribution in [0.15, 0.2) is 0 Å². The van der Waals surface area contributed by atoms with Crippen LogP contribution in [-0.4, -0.2) is 36.0 Å². The van der Waals surface area contributed by atoms with Crippen LogP contribution < -0.4 is 5.32 Å². The molecule has 5 heteroatoms. The summed E-state index contributed by atoms with van der Waals surface area (Å²) in [6, 6.07) is 0. The van der Waals surface area contributed by atoms with Gasteiger partial charge in [0.15, 0.2) is 0 Å². The van der Waals surface area contributed by atoms with Gasteiger partial charge in [-0.15, -0.1) is 11.8 Å². The molecular weight excluding hydrogens is 226 g/mol. The molecule has 0 aromatic carbocycles. The maximum absolute atomic E-state index is 11.7. The summed E-state index contributed by atoms with van der Waals surface area (Å²) in [6.45, 7) is 2.55. The molecule has 0 spiro atoms.